The maximum Gasteiger partial charge on any atom is 0.325 e. The van der Waals surface area contributed by atoms with Crippen LogP contribution in [0, 0.1) is 0 Å². The summed E-state index contributed by atoms with van der Waals surface area (Å²) in [5.41, 5.74) is 2.77. The van der Waals surface area contributed by atoms with Crippen LogP contribution in [0.5, 0.6) is 0 Å². The van der Waals surface area contributed by atoms with Crippen LogP contribution in [-0.4, -0.2) is 45.3 Å². The second-order valence-electron chi connectivity index (χ2n) is 7.27. The van der Waals surface area contributed by atoms with Gasteiger partial charge in [0.2, 0.25) is 5.91 Å². The molecule has 1 fully saturated rings. The molecule has 4 amide bonds. The van der Waals surface area contributed by atoms with Crippen molar-refractivity contribution < 1.29 is 14.4 Å². The molecule has 0 spiro atoms. The minimum Gasteiger partial charge on any atom is -0.356 e. The normalized spacial score (nSPS) is 16.1. The summed E-state index contributed by atoms with van der Waals surface area (Å²) in [5, 5.41) is 5.41. The van der Waals surface area contributed by atoms with Crippen LogP contribution in [0.25, 0.3) is 11.0 Å². The standard InChI is InChI=1S/C22H23N5O3/c28-20(23-12-6-11-19-24-16-9-4-5-10-17(16)25-19)13-18-21(29)27(22(30)26-18)14-15-7-2-1-3-8-15/h1-5,7-10,18H,6,11-14H2,(H,23,28)(H,24,25)(H,26,30). The number of nitrogens with one attached hydrogen (secondary N) is 3. The fourth-order valence-electron chi connectivity index (χ4n) is 3.50. The molecule has 1 atom stereocenters. The number of fused-ring (bicyclic) bond motifs is 1. The lowest BCUT2D eigenvalue weighted by molar-refractivity contribution is -0.131. The van der Waals surface area contributed by atoms with Gasteiger partial charge in [-0.25, -0.2) is 9.78 Å². The van der Waals surface area contributed by atoms with Crippen LogP contribution in [0.2, 0.25) is 0 Å². The van der Waals surface area contributed by atoms with Gasteiger partial charge in [-0.2, -0.15) is 0 Å². The van der Waals surface area contributed by atoms with Gasteiger partial charge in [0.15, 0.2) is 0 Å². The quantitative estimate of drug-likeness (QED) is 0.394. The van der Waals surface area contributed by atoms with Crippen LogP contribution in [0.4, 0.5) is 4.79 Å². The summed E-state index contributed by atoms with van der Waals surface area (Å²) in [6.45, 7) is 0.666. The molecule has 30 heavy (non-hydrogen) atoms. The zero-order valence-corrected chi connectivity index (χ0v) is 16.4. The van der Waals surface area contributed by atoms with Crippen LogP contribution in [0.1, 0.15) is 24.2 Å². The Bertz CT molecular complexity index is 1030. The number of carbonyl (C=O) groups excluding carboxylic acids is 3. The Kier molecular flexibility index (Phi) is 5.74. The molecule has 2 aromatic carbocycles. The maximum atomic E-state index is 12.5. The highest BCUT2D eigenvalue weighted by atomic mass is 16.2. The number of aromatic amines is 1. The molecule has 8 nitrogen and oxygen atoms in total. The van der Waals surface area contributed by atoms with E-state index in [0.29, 0.717) is 13.0 Å². The highest BCUT2D eigenvalue weighted by Gasteiger charge is 2.38. The minimum atomic E-state index is -0.823. The number of imidazole rings is 1. The first kappa shape index (κ1) is 19.6. The van der Waals surface area contributed by atoms with Gasteiger partial charge in [-0.1, -0.05) is 42.5 Å². The molecule has 0 radical (unpaired) electrons. The van der Waals surface area contributed by atoms with Crippen molar-refractivity contribution in [3.05, 3.63) is 66.0 Å². The zero-order chi connectivity index (χ0) is 20.9. The van der Waals surface area contributed by atoms with Crippen molar-refractivity contribution in [2.24, 2.45) is 0 Å². The van der Waals surface area contributed by atoms with E-state index < -0.39 is 12.1 Å². The van der Waals surface area contributed by atoms with Crippen molar-refractivity contribution in [2.75, 3.05) is 6.54 Å². The van der Waals surface area contributed by atoms with E-state index in [0.717, 1.165) is 33.7 Å². The van der Waals surface area contributed by atoms with Gasteiger partial charge < -0.3 is 15.6 Å². The summed E-state index contributed by atoms with van der Waals surface area (Å²) < 4.78 is 0. The first-order chi connectivity index (χ1) is 14.6. The number of aryl methyl sites for hydroxylation is 1. The Morgan fingerprint density at radius 2 is 1.83 bits per heavy atom. The number of hydrogen-bond acceptors (Lipinski definition) is 4. The van der Waals surface area contributed by atoms with Crippen molar-refractivity contribution >= 4 is 28.9 Å². The number of amides is 4. The molecule has 1 aliphatic heterocycles. The summed E-state index contributed by atoms with van der Waals surface area (Å²) in [4.78, 5) is 45.8. The number of rotatable bonds is 8. The average Bonchev–Trinajstić information content (AvgIpc) is 3.28. The first-order valence-corrected chi connectivity index (χ1v) is 9.96. The molecule has 1 saturated heterocycles. The van der Waals surface area contributed by atoms with Crippen LogP contribution >= 0.6 is 0 Å². The lowest BCUT2D eigenvalue weighted by Gasteiger charge is -2.13. The molecule has 4 rings (SSSR count). The van der Waals surface area contributed by atoms with E-state index in [2.05, 4.69) is 20.6 Å². The van der Waals surface area contributed by atoms with Gasteiger partial charge in [0.05, 0.1) is 24.0 Å². The Balaban J connectivity index is 1.22. The van der Waals surface area contributed by atoms with E-state index in [9.17, 15) is 14.4 Å². The summed E-state index contributed by atoms with van der Waals surface area (Å²) >= 11 is 0. The minimum absolute atomic E-state index is 0.0689. The molecule has 2 heterocycles. The lowest BCUT2D eigenvalue weighted by Crippen LogP contribution is -2.36. The molecule has 8 heteroatoms. The first-order valence-electron chi connectivity index (χ1n) is 9.96. The Labute approximate surface area is 173 Å². The maximum absolute atomic E-state index is 12.5. The predicted molar refractivity (Wildman–Crippen MR) is 111 cm³/mol. The van der Waals surface area contributed by atoms with Crippen molar-refractivity contribution in [2.45, 2.75) is 31.8 Å². The topological polar surface area (TPSA) is 107 Å². The van der Waals surface area contributed by atoms with Gasteiger partial charge in [-0.15, -0.1) is 0 Å². The van der Waals surface area contributed by atoms with E-state index in [4.69, 9.17) is 0 Å². The second kappa shape index (κ2) is 8.77. The van der Waals surface area contributed by atoms with Gasteiger partial charge in [0.25, 0.3) is 5.91 Å². The molecule has 154 valence electrons. The molecule has 1 aliphatic rings. The number of benzene rings is 2. The van der Waals surface area contributed by atoms with Crippen molar-refractivity contribution in [1.82, 2.24) is 25.5 Å². The third-order valence-electron chi connectivity index (χ3n) is 5.03. The van der Waals surface area contributed by atoms with E-state index in [1.54, 1.807) is 0 Å². The van der Waals surface area contributed by atoms with Gasteiger partial charge in [-0.05, 0) is 24.1 Å². The van der Waals surface area contributed by atoms with Crippen LogP contribution < -0.4 is 10.6 Å². The van der Waals surface area contributed by atoms with E-state index in [-0.39, 0.29) is 24.8 Å². The molecule has 0 saturated carbocycles. The largest absolute Gasteiger partial charge is 0.356 e. The van der Waals surface area contributed by atoms with Gasteiger partial charge in [0, 0.05) is 13.0 Å². The van der Waals surface area contributed by atoms with Crippen LogP contribution in [-0.2, 0) is 22.6 Å². The molecular formula is C22H23N5O3. The molecule has 1 unspecified atom stereocenters. The van der Waals surface area contributed by atoms with Crippen LogP contribution in [0.15, 0.2) is 54.6 Å². The van der Waals surface area contributed by atoms with E-state index in [1.807, 2.05) is 54.6 Å². The Morgan fingerprint density at radius 3 is 2.63 bits per heavy atom. The number of H-pyrrole nitrogens is 1. The number of para-hydroxylation sites is 2. The average molecular weight is 405 g/mol. The van der Waals surface area contributed by atoms with Crippen molar-refractivity contribution in [1.29, 1.82) is 0 Å². The highest BCUT2D eigenvalue weighted by Crippen LogP contribution is 2.14. The SMILES string of the molecule is O=C(CC1NC(=O)N(Cc2ccccc2)C1=O)NCCCc1nc2ccccc2[nH]1. The highest BCUT2D eigenvalue weighted by molar-refractivity contribution is 6.05. The van der Waals surface area contributed by atoms with Gasteiger partial charge in [0.1, 0.15) is 11.9 Å². The van der Waals surface area contributed by atoms with E-state index in [1.165, 1.54) is 0 Å². The summed E-state index contributed by atoms with van der Waals surface area (Å²) in [7, 11) is 0. The lowest BCUT2D eigenvalue weighted by atomic mass is 10.1. The fourth-order valence-corrected chi connectivity index (χ4v) is 3.50. The number of aromatic nitrogens is 2. The third kappa shape index (κ3) is 4.48. The van der Waals surface area contributed by atoms with Gasteiger partial charge in [-0.3, -0.25) is 14.5 Å². The van der Waals surface area contributed by atoms with Crippen LogP contribution in [0.3, 0.4) is 0 Å². The molecule has 0 bridgehead atoms. The van der Waals surface area contributed by atoms with E-state index >= 15 is 0 Å². The number of nitrogens with zero attached hydrogens (tertiary/aromatic N) is 2. The predicted octanol–water partition coefficient (Wildman–Crippen LogP) is 2.12. The number of urea groups is 1. The van der Waals surface area contributed by atoms with Crippen molar-refractivity contribution in [3.8, 4) is 0 Å². The monoisotopic (exact) mass is 405 g/mol. The van der Waals surface area contributed by atoms with Gasteiger partial charge >= 0.3 is 6.03 Å². The van der Waals surface area contributed by atoms with Crippen molar-refractivity contribution in [3.63, 3.8) is 0 Å². The zero-order valence-electron chi connectivity index (χ0n) is 16.4. The molecular weight excluding hydrogens is 382 g/mol. The molecule has 3 aromatic rings. The number of carbonyl (C=O) groups is 3. The fraction of sp³-hybridized carbons (Fsp3) is 0.273. The Hall–Kier alpha value is -3.68. The number of imide groups is 1. The number of hydrogen-bond donors (Lipinski definition) is 3. The third-order valence-corrected chi connectivity index (χ3v) is 5.03. The second-order valence-corrected chi connectivity index (χ2v) is 7.27. The summed E-state index contributed by atoms with van der Waals surface area (Å²) in [6.07, 6.45) is 1.36. The summed E-state index contributed by atoms with van der Waals surface area (Å²) in [6, 6.07) is 15.8. The smallest absolute Gasteiger partial charge is 0.325 e. The summed E-state index contributed by atoms with van der Waals surface area (Å²) in [5.74, 6) is 0.237. The Morgan fingerprint density at radius 1 is 1.07 bits per heavy atom. The molecule has 1 aromatic heterocycles. The molecule has 3 N–H and O–H groups in total. The molecule has 0 aliphatic carbocycles.